The van der Waals surface area contributed by atoms with Crippen LogP contribution in [0.5, 0.6) is 11.5 Å². The number of nitrogens with one attached hydrogen (secondary N) is 2. The zero-order chi connectivity index (χ0) is 17.1. The molecular weight excluding hydrogens is 316 g/mol. The van der Waals surface area contributed by atoms with Crippen LogP contribution in [0.1, 0.15) is 56.6 Å². The minimum Gasteiger partial charge on any atom is -0.486 e. The van der Waals surface area contributed by atoms with Gasteiger partial charge in [-0.05, 0) is 31.0 Å². The van der Waals surface area contributed by atoms with Crippen LogP contribution in [0.4, 0.5) is 0 Å². The van der Waals surface area contributed by atoms with Gasteiger partial charge in [-0.15, -0.1) is 0 Å². The third-order valence-corrected chi connectivity index (χ3v) is 5.81. The third-order valence-electron chi connectivity index (χ3n) is 5.81. The summed E-state index contributed by atoms with van der Waals surface area (Å²) in [5, 5.41) is 3.26. The molecule has 2 aliphatic heterocycles. The molecule has 3 aliphatic rings. The molecule has 1 aromatic carbocycles. The lowest BCUT2D eigenvalue weighted by Gasteiger charge is -2.26. The predicted molar refractivity (Wildman–Crippen MR) is 95.1 cm³/mol. The number of fused-ring (bicyclic) bond motifs is 1. The van der Waals surface area contributed by atoms with Crippen molar-refractivity contribution < 1.29 is 19.2 Å². The fourth-order valence-electron chi connectivity index (χ4n) is 4.53. The van der Waals surface area contributed by atoms with Gasteiger partial charge < -0.3 is 19.7 Å². The van der Waals surface area contributed by atoms with Crippen molar-refractivity contribution in [3.8, 4) is 11.5 Å². The van der Waals surface area contributed by atoms with Gasteiger partial charge in [0, 0.05) is 24.4 Å². The normalized spacial score (nSPS) is 26.4. The molecule has 25 heavy (non-hydrogen) atoms. The van der Waals surface area contributed by atoms with Gasteiger partial charge in [-0.1, -0.05) is 19.3 Å². The monoisotopic (exact) mass is 345 g/mol. The molecule has 0 radical (unpaired) electrons. The first-order valence-corrected chi connectivity index (χ1v) is 9.83. The average molecular weight is 345 g/mol. The van der Waals surface area contributed by atoms with E-state index in [1.807, 2.05) is 6.07 Å². The number of carbonyl (C=O) groups is 1. The second-order valence-electron chi connectivity index (χ2n) is 7.59. The summed E-state index contributed by atoms with van der Waals surface area (Å²) in [4.78, 5) is 13.9. The highest BCUT2D eigenvalue weighted by Gasteiger charge is 2.33. The fourth-order valence-corrected chi connectivity index (χ4v) is 4.53. The number of benzene rings is 1. The van der Waals surface area contributed by atoms with Gasteiger partial charge in [-0.3, -0.25) is 4.79 Å². The standard InChI is InChI=1S/C20H28N2O3/c23-20(21-16-5-2-1-3-6-16)14-22-10-4-7-17(22)15-8-9-18-19(13-15)25-12-11-24-18/h8-9,13,16-17H,1-7,10-12,14H2,(H,21,23)/p+1/t17-/m1/s1. The van der Waals surface area contributed by atoms with Gasteiger partial charge in [0.1, 0.15) is 19.3 Å². The lowest BCUT2D eigenvalue weighted by Crippen LogP contribution is -3.11. The lowest BCUT2D eigenvalue weighted by molar-refractivity contribution is -0.910. The number of rotatable bonds is 4. The summed E-state index contributed by atoms with van der Waals surface area (Å²) in [5.41, 5.74) is 1.27. The summed E-state index contributed by atoms with van der Waals surface area (Å²) in [6.07, 6.45) is 8.41. The maximum absolute atomic E-state index is 12.5. The van der Waals surface area contributed by atoms with E-state index in [1.165, 1.54) is 36.1 Å². The van der Waals surface area contributed by atoms with Crippen molar-refractivity contribution in [1.82, 2.24) is 5.32 Å². The van der Waals surface area contributed by atoms with E-state index in [4.69, 9.17) is 9.47 Å². The van der Waals surface area contributed by atoms with E-state index in [9.17, 15) is 4.79 Å². The summed E-state index contributed by atoms with van der Waals surface area (Å²) in [6, 6.07) is 7.05. The topological polar surface area (TPSA) is 52.0 Å². The maximum atomic E-state index is 12.5. The maximum Gasteiger partial charge on any atom is 0.275 e. The van der Waals surface area contributed by atoms with Crippen LogP contribution in [0.3, 0.4) is 0 Å². The number of hydrogen-bond donors (Lipinski definition) is 2. The molecule has 0 spiro atoms. The van der Waals surface area contributed by atoms with Crippen LogP contribution < -0.4 is 19.7 Å². The number of carbonyl (C=O) groups excluding carboxylic acids is 1. The zero-order valence-corrected chi connectivity index (χ0v) is 14.9. The van der Waals surface area contributed by atoms with Crippen molar-refractivity contribution >= 4 is 5.91 Å². The zero-order valence-electron chi connectivity index (χ0n) is 14.9. The molecule has 2 heterocycles. The van der Waals surface area contributed by atoms with Gasteiger partial charge in [0.05, 0.1) is 6.54 Å². The van der Waals surface area contributed by atoms with Crippen LogP contribution in [-0.4, -0.2) is 38.3 Å². The molecule has 1 aliphatic carbocycles. The van der Waals surface area contributed by atoms with Gasteiger partial charge >= 0.3 is 0 Å². The highest BCUT2D eigenvalue weighted by atomic mass is 16.6. The molecule has 1 saturated carbocycles. The summed E-state index contributed by atoms with van der Waals surface area (Å²) >= 11 is 0. The molecule has 2 fully saturated rings. The molecule has 2 N–H and O–H groups in total. The Hall–Kier alpha value is -1.75. The Morgan fingerprint density at radius 3 is 2.68 bits per heavy atom. The third kappa shape index (κ3) is 3.92. The molecule has 4 rings (SSSR count). The minimum atomic E-state index is 0.214. The van der Waals surface area contributed by atoms with E-state index in [2.05, 4.69) is 17.4 Å². The van der Waals surface area contributed by atoms with Crippen LogP contribution in [0.15, 0.2) is 18.2 Å². The molecule has 136 valence electrons. The minimum absolute atomic E-state index is 0.214. The first-order chi connectivity index (χ1) is 12.3. The Labute approximate surface area is 149 Å². The Morgan fingerprint density at radius 2 is 1.84 bits per heavy atom. The molecule has 5 nitrogen and oxygen atoms in total. The molecule has 5 heteroatoms. The summed E-state index contributed by atoms with van der Waals surface area (Å²) in [7, 11) is 0. The lowest BCUT2D eigenvalue weighted by atomic mass is 9.95. The van der Waals surface area contributed by atoms with E-state index < -0.39 is 0 Å². The predicted octanol–water partition coefficient (Wildman–Crippen LogP) is 1.63. The van der Waals surface area contributed by atoms with Crippen LogP contribution in [0, 0.1) is 0 Å². The van der Waals surface area contributed by atoms with Crippen molar-refractivity contribution in [2.45, 2.75) is 57.0 Å². The second kappa shape index (κ2) is 7.65. The van der Waals surface area contributed by atoms with Gasteiger partial charge in [0.25, 0.3) is 5.91 Å². The van der Waals surface area contributed by atoms with Gasteiger partial charge in [-0.2, -0.15) is 0 Å². The summed E-state index contributed by atoms with van der Waals surface area (Å²) in [6.45, 7) is 2.88. The highest BCUT2D eigenvalue weighted by Crippen LogP contribution is 2.33. The first-order valence-electron chi connectivity index (χ1n) is 9.83. The van der Waals surface area contributed by atoms with Gasteiger partial charge in [0.15, 0.2) is 18.0 Å². The fraction of sp³-hybridized carbons (Fsp3) is 0.650. The smallest absolute Gasteiger partial charge is 0.275 e. The molecular formula is C20H29N2O3+. The molecule has 1 saturated heterocycles. The number of ether oxygens (including phenoxy) is 2. The molecule has 1 amide bonds. The van der Waals surface area contributed by atoms with Crippen LogP contribution >= 0.6 is 0 Å². The number of likely N-dealkylation sites (tertiary alicyclic amines) is 1. The quantitative estimate of drug-likeness (QED) is 0.872. The Balaban J connectivity index is 1.39. The Morgan fingerprint density at radius 1 is 1.04 bits per heavy atom. The van der Waals surface area contributed by atoms with Crippen LogP contribution in [0.2, 0.25) is 0 Å². The highest BCUT2D eigenvalue weighted by molar-refractivity contribution is 5.77. The molecule has 0 aromatic heterocycles. The van der Waals surface area contributed by atoms with E-state index >= 15 is 0 Å². The summed E-state index contributed by atoms with van der Waals surface area (Å²) < 4.78 is 11.3. The first kappa shape index (κ1) is 16.7. The largest absolute Gasteiger partial charge is 0.486 e. The van der Waals surface area contributed by atoms with Crippen molar-refractivity contribution in [1.29, 1.82) is 0 Å². The number of hydrogen-bond acceptors (Lipinski definition) is 3. The molecule has 2 atom stereocenters. The number of amides is 1. The van der Waals surface area contributed by atoms with Crippen molar-refractivity contribution in [2.75, 3.05) is 26.3 Å². The Bertz CT molecular complexity index is 613. The van der Waals surface area contributed by atoms with Crippen molar-refractivity contribution in [2.24, 2.45) is 0 Å². The van der Waals surface area contributed by atoms with E-state index in [1.54, 1.807) is 0 Å². The van der Waals surface area contributed by atoms with E-state index in [-0.39, 0.29) is 5.91 Å². The van der Waals surface area contributed by atoms with E-state index in [0.29, 0.717) is 31.8 Å². The van der Waals surface area contributed by atoms with E-state index in [0.717, 1.165) is 37.3 Å². The SMILES string of the molecule is O=C(C[NH+]1CCC[C@@H]1c1ccc2c(c1)OCCO2)NC1CCCCC1. The average Bonchev–Trinajstić information content (AvgIpc) is 3.10. The molecule has 1 aromatic rings. The van der Waals surface area contributed by atoms with Gasteiger partial charge in [0.2, 0.25) is 0 Å². The van der Waals surface area contributed by atoms with Crippen molar-refractivity contribution in [3.05, 3.63) is 23.8 Å². The molecule has 0 bridgehead atoms. The van der Waals surface area contributed by atoms with Crippen LogP contribution in [0.25, 0.3) is 0 Å². The Kier molecular flexibility index (Phi) is 5.11. The number of quaternary nitrogens is 1. The van der Waals surface area contributed by atoms with Crippen molar-refractivity contribution in [3.63, 3.8) is 0 Å². The second-order valence-corrected chi connectivity index (χ2v) is 7.59. The van der Waals surface area contributed by atoms with Crippen LogP contribution in [-0.2, 0) is 4.79 Å². The summed E-state index contributed by atoms with van der Waals surface area (Å²) in [5.74, 6) is 1.90. The van der Waals surface area contributed by atoms with Gasteiger partial charge in [-0.25, -0.2) is 0 Å². The molecule has 1 unspecified atom stereocenters.